The Balaban J connectivity index is 1.46. The molecule has 1 aliphatic heterocycles. The molecule has 2 aliphatic rings. The highest BCUT2D eigenvalue weighted by atomic mass is 32.2. The van der Waals surface area contributed by atoms with Crippen LogP contribution in [0.1, 0.15) is 25.3 Å². The van der Waals surface area contributed by atoms with Crippen LogP contribution in [0.5, 0.6) is 0 Å². The zero-order chi connectivity index (χ0) is 16.7. The Labute approximate surface area is 139 Å². The van der Waals surface area contributed by atoms with E-state index in [9.17, 15) is 13.2 Å². The number of sulfone groups is 1. The maximum atomic E-state index is 12.2. The van der Waals surface area contributed by atoms with Gasteiger partial charge in [-0.3, -0.25) is 4.79 Å². The van der Waals surface area contributed by atoms with Crippen molar-refractivity contribution in [2.24, 2.45) is 5.92 Å². The van der Waals surface area contributed by atoms with Gasteiger partial charge in [0.2, 0.25) is 5.91 Å². The first kappa shape index (κ1) is 15.3. The van der Waals surface area contributed by atoms with E-state index in [1.807, 2.05) is 16.8 Å². The van der Waals surface area contributed by atoms with E-state index in [1.54, 1.807) is 12.1 Å². The molecular formula is C15H17N5O3S. The lowest BCUT2D eigenvalue weighted by Crippen LogP contribution is -2.23. The van der Waals surface area contributed by atoms with Gasteiger partial charge in [0.15, 0.2) is 15.7 Å². The molecule has 1 amide bonds. The standard InChI is InChI=1S/C15H17N5O3S/c21-15(11-7-8-24(22,23)9-11)16-12-3-1-10(2-4-12)14-17-18-19-20(14)13-5-6-13/h1-4,11,13H,5-9H2,(H,16,21). The minimum absolute atomic E-state index is 0.0624. The number of anilines is 1. The minimum Gasteiger partial charge on any atom is -0.326 e. The van der Waals surface area contributed by atoms with Gasteiger partial charge >= 0.3 is 0 Å². The van der Waals surface area contributed by atoms with Crippen LogP contribution in [0.4, 0.5) is 5.69 Å². The highest BCUT2D eigenvalue weighted by Gasteiger charge is 2.33. The van der Waals surface area contributed by atoms with E-state index in [1.165, 1.54) is 0 Å². The summed E-state index contributed by atoms with van der Waals surface area (Å²) in [6.07, 6.45) is 2.58. The van der Waals surface area contributed by atoms with Gasteiger partial charge in [0.05, 0.1) is 23.5 Å². The zero-order valence-corrected chi connectivity index (χ0v) is 13.7. The summed E-state index contributed by atoms with van der Waals surface area (Å²) in [6, 6.07) is 7.65. The molecule has 0 radical (unpaired) electrons. The van der Waals surface area contributed by atoms with Crippen LogP contribution in [0.3, 0.4) is 0 Å². The van der Waals surface area contributed by atoms with Gasteiger partial charge in [-0.2, -0.15) is 0 Å². The van der Waals surface area contributed by atoms with Crippen molar-refractivity contribution in [3.8, 4) is 11.4 Å². The van der Waals surface area contributed by atoms with Gasteiger partial charge in [0.1, 0.15) is 0 Å². The molecule has 2 fully saturated rings. The van der Waals surface area contributed by atoms with E-state index in [-0.39, 0.29) is 17.4 Å². The molecule has 1 aromatic heterocycles. The second kappa shape index (κ2) is 5.66. The molecule has 2 heterocycles. The molecule has 9 heteroatoms. The Bertz CT molecular complexity index is 871. The molecule has 1 atom stereocenters. The minimum atomic E-state index is -3.06. The quantitative estimate of drug-likeness (QED) is 0.886. The number of nitrogens with zero attached hydrogens (tertiary/aromatic N) is 4. The predicted molar refractivity (Wildman–Crippen MR) is 86.9 cm³/mol. The first-order chi connectivity index (χ1) is 11.5. The van der Waals surface area contributed by atoms with Crippen LogP contribution in [0, 0.1) is 5.92 Å². The van der Waals surface area contributed by atoms with Crippen LogP contribution >= 0.6 is 0 Å². The van der Waals surface area contributed by atoms with E-state index in [2.05, 4.69) is 20.8 Å². The van der Waals surface area contributed by atoms with Gasteiger partial charge in [0, 0.05) is 11.3 Å². The third-order valence-electron chi connectivity index (χ3n) is 4.40. The summed E-state index contributed by atoms with van der Waals surface area (Å²) in [6.45, 7) is 0. The monoisotopic (exact) mass is 347 g/mol. The smallest absolute Gasteiger partial charge is 0.228 e. The maximum absolute atomic E-state index is 12.2. The fraction of sp³-hybridized carbons (Fsp3) is 0.467. The lowest BCUT2D eigenvalue weighted by Gasteiger charge is -2.10. The Morgan fingerprint density at radius 3 is 2.54 bits per heavy atom. The number of aromatic nitrogens is 4. The molecule has 1 N–H and O–H groups in total. The zero-order valence-electron chi connectivity index (χ0n) is 12.9. The summed E-state index contributed by atoms with van der Waals surface area (Å²) in [5.41, 5.74) is 1.52. The van der Waals surface area contributed by atoms with Crippen LogP contribution in [0.2, 0.25) is 0 Å². The van der Waals surface area contributed by atoms with Crippen molar-refractivity contribution in [3.63, 3.8) is 0 Å². The Kier molecular flexibility index (Phi) is 3.60. The maximum Gasteiger partial charge on any atom is 0.228 e. The summed E-state index contributed by atoms with van der Waals surface area (Å²) in [4.78, 5) is 12.2. The highest BCUT2D eigenvalue weighted by Crippen LogP contribution is 2.36. The van der Waals surface area contributed by atoms with E-state index in [0.29, 0.717) is 18.2 Å². The molecule has 1 saturated heterocycles. The summed E-state index contributed by atoms with van der Waals surface area (Å²) in [5.74, 6) is 0.0433. The van der Waals surface area contributed by atoms with E-state index < -0.39 is 15.8 Å². The van der Waals surface area contributed by atoms with Gasteiger partial charge in [0.25, 0.3) is 0 Å². The molecule has 1 aromatic carbocycles. The predicted octanol–water partition coefficient (Wildman–Crippen LogP) is 1.05. The molecule has 24 heavy (non-hydrogen) atoms. The fourth-order valence-corrected chi connectivity index (χ4v) is 4.64. The van der Waals surface area contributed by atoms with Crippen LogP contribution in [0.25, 0.3) is 11.4 Å². The van der Waals surface area contributed by atoms with Gasteiger partial charge in [-0.15, -0.1) is 5.10 Å². The number of tetrazole rings is 1. The number of nitrogens with one attached hydrogen (secondary N) is 1. The van der Waals surface area contributed by atoms with Crippen molar-refractivity contribution < 1.29 is 13.2 Å². The first-order valence-electron chi connectivity index (χ1n) is 7.91. The molecule has 8 nitrogen and oxygen atoms in total. The third kappa shape index (κ3) is 3.03. The number of hydrogen-bond acceptors (Lipinski definition) is 6. The van der Waals surface area contributed by atoms with Crippen molar-refractivity contribution in [2.75, 3.05) is 16.8 Å². The molecule has 1 saturated carbocycles. The largest absolute Gasteiger partial charge is 0.326 e. The van der Waals surface area contributed by atoms with E-state index in [4.69, 9.17) is 0 Å². The second-order valence-electron chi connectivity index (χ2n) is 6.34. The van der Waals surface area contributed by atoms with Crippen molar-refractivity contribution in [3.05, 3.63) is 24.3 Å². The molecular weight excluding hydrogens is 330 g/mol. The van der Waals surface area contributed by atoms with Gasteiger partial charge < -0.3 is 5.32 Å². The fourth-order valence-electron chi connectivity index (χ4n) is 2.90. The number of rotatable bonds is 4. The van der Waals surface area contributed by atoms with Crippen LogP contribution in [-0.4, -0.2) is 46.0 Å². The molecule has 4 rings (SSSR count). The summed E-state index contributed by atoms with van der Waals surface area (Å²) < 4.78 is 24.8. The topological polar surface area (TPSA) is 107 Å². The average Bonchev–Trinajstić information content (AvgIpc) is 3.16. The number of amides is 1. The summed E-state index contributed by atoms with van der Waals surface area (Å²) in [5, 5.41) is 14.6. The van der Waals surface area contributed by atoms with Crippen LogP contribution in [0.15, 0.2) is 24.3 Å². The van der Waals surface area contributed by atoms with Crippen molar-refractivity contribution in [1.29, 1.82) is 0 Å². The Morgan fingerprint density at radius 1 is 1.17 bits per heavy atom. The van der Waals surface area contributed by atoms with Crippen molar-refractivity contribution in [2.45, 2.75) is 25.3 Å². The Hall–Kier alpha value is -2.29. The number of hydrogen-bond donors (Lipinski definition) is 1. The summed E-state index contributed by atoms with van der Waals surface area (Å²) in [7, 11) is -3.06. The van der Waals surface area contributed by atoms with Crippen LogP contribution < -0.4 is 5.32 Å². The van der Waals surface area contributed by atoms with Crippen molar-refractivity contribution in [1.82, 2.24) is 20.2 Å². The molecule has 126 valence electrons. The van der Waals surface area contributed by atoms with Gasteiger partial charge in [-0.25, -0.2) is 13.1 Å². The van der Waals surface area contributed by atoms with Gasteiger partial charge in [-0.1, -0.05) is 0 Å². The SMILES string of the molecule is O=C(Nc1ccc(-c2nnnn2C2CC2)cc1)C1CCS(=O)(=O)C1. The first-order valence-corrected chi connectivity index (χ1v) is 9.73. The van der Waals surface area contributed by atoms with Crippen LogP contribution in [-0.2, 0) is 14.6 Å². The summed E-state index contributed by atoms with van der Waals surface area (Å²) >= 11 is 0. The number of carbonyl (C=O) groups is 1. The molecule has 0 bridgehead atoms. The highest BCUT2D eigenvalue weighted by molar-refractivity contribution is 7.91. The molecule has 1 aliphatic carbocycles. The number of carbonyl (C=O) groups excluding carboxylic acids is 1. The normalized spacial score (nSPS) is 22.4. The van der Waals surface area contributed by atoms with Gasteiger partial charge in [-0.05, 0) is 54.0 Å². The van der Waals surface area contributed by atoms with E-state index >= 15 is 0 Å². The molecule has 2 aromatic rings. The molecule has 0 spiro atoms. The number of benzene rings is 1. The lowest BCUT2D eigenvalue weighted by atomic mass is 10.1. The lowest BCUT2D eigenvalue weighted by molar-refractivity contribution is -0.119. The second-order valence-corrected chi connectivity index (χ2v) is 8.57. The Morgan fingerprint density at radius 2 is 1.92 bits per heavy atom. The van der Waals surface area contributed by atoms with Crippen molar-refractivity contribution >= 4 is 21.4 Å². The molecule has 1 unspecified atom stereocenters. The van der Waals surface area contributed by atoms with E-state index in [0.717, 1.165) is 24.2 Å². The average molecular weight is 347 g/mol. The third-order valence-corrected chi connectivity index (χ3v) is 6.17.